The zero-order valence-electron chi connectivity index (χ0n) is 17.1. The van der Waals surface area contributed by atoms with Crippen molar-refractivity contribution >= 4 is 17.4 Å². The van der Waals surface area contributed by atoms with Crippen LogP contribution in [0.5, 0.6) is 23.0 Å². The zero-order valence-corrected chi connectivity index (χ0v) is 17.1. The highest BCUT2D eigenvalue weighted by atomic mass is 16.5. The van der Waals surface area contributed by atoms with E-state index >= 15 is 0 Å². The van der Waals surface area contributed by atoms with E-state index in [-0.39, 0.29) is 22.8 Å². The monoisotopic (exact) mass is 413 g/mol. The van der Waals surface area contributed by atoms with Crippen molar-refractivity contribution in [3.63, 3.8) is 0 Å². The second-order valence-electron chi connectivity index (χ2n) is 6.64. The molecule has 1 heterocycles. The molecule has 1 aliphatic heterocycles. The highest BCUT2D eigenvalue weighted by molar-refractivity contribution is 6.46. The minimum atomic E-state index is -0.849. The molecule has 8 nitrogen and oxygen atoms in total. The second-order valence-corrected chi connectivity index (χ2v) is 6.64. The summed E-state index contributed by atoms with van der Waals surface area (Å²) in [7, 11) is 4.42. The molecule has 1 unspecified atom stereocenters. The lowest BCUT2D eigenvalue weighted by Gasteiger charge is -2.22. The standard InChI is InChI=1S/C22H23NO7/c1-5-30-16-10-12(6-8-14(16)24)19-18(21(26)22(27)23(19)2)20(25)13-7-9-15(28-3)17(11-13)29-4/h6-11,19,24-25H,5H2,1-4H3. The van der Waals surface area contributed by atoms with E-state index in [1.54, 1.807) is 31.2 Å². The smallest absolute Gasteiger partial charge is 0.295 e. The minimum absolute atomic E-state index is 0.0615. The van der Waals surface area contributed by atoms with Gasteiger partial charge in [0.15, 0.2) is 23.0 Å². The topological polar surface area (TPSA) is 106 Å². The maximum absolute atomic E-state index is 12.7. The summed E-state index contributed by atoms with van der Waals surface area (Å²) in [4.78, 5) is 26.4. The van der Waals surface area contributed by atoms with Crippen LogP contribution >= 0.6 is 0 Å². The molecule has 8 heteroatoms. The van der Waals surface area contributed by atoms with Crippen LogP contribution in [0.15, 0.2) is 42.0 Å². The SMILES string of the molecule is CCOc1cc(C2C(=C(O)c3ccc(OC)c(OC)c3)C(=O)C(=O)N2C)ccc1O. The zero-order chi connectivity index (χ0) is 22.0. The van der Waals surface area contributed by atoms with Crippen molar-refractivity contribution in [1.82, 2.24) is 4.90 Å². The summed E-state index contributed by atoms with van der Waals surface area (Å²) in [6.45, 7) is 2.10. The van der Waals surface area contributed by atoms with Gasteiger partial charge in [0.05, 0.1) is 32.4 Å². The molecule has 0 aromatic heterocycles. The molecular formula is C22H23NO7. The predicted molar refractivity (Wildman–Crippen MR) is 109 cm³/mol. The summed E-state index contributed by atoms with van der Waals surface area (Å²) < 4.78 is 15.9. The van der Waals surface area contributed by atoms with Gasteiger partial charge in [0, 0.05) is 12.6 Å². The lowest BCUT2D eigenvalue weighted by molar-refractivity contribution is -0.139. The molecule has 1 aliphatic rings. The highest BCUT2D eigenvalue weighted by Crippen LogP contribution is 2.41. The quantitative estimate of drug-likeness (QED) is 0.426. The van der Waals surface area contributed by atoms with Crippen LogP contribution in [0, 0.1) is 0 Å². The number of ether oxygens (including phenoxy) is 3. The first-order valence-corrected chi connectivity index (χ1v) is 9.26. The first-order chi connectivity index (χ1) is 14.3. The molecule has 0 saturated carbocycles. The molecule has 0 aliphatic carbocycles. The van der Waals surface area contributed by atoms with Gasteiger partial charge in [-0.15, -0.1) is 0 Å². The van der Waals surface area contributed by atoms with Gasteiger partial charge in [-0.25, -0.2) is 0 Å². The van der Waals surface area contributed by atoms with Crippen molar-refractivity contribution in [2.75, 3.05) is 27.9 Å². The van der Waals surface area contributed by atoms with E-state index < -0.39 is 17.7 Å². The number of Topliss-reactive ketones (excluding diaryl/α,β-unsaturated/α-hetero) is 1. The van der Waals surface area contributed by atoms with Gasteiger partial charge in [0.1, 0.15) is 5.76 Å². The van der Waals surface area contributed by atoms with Gasteiger partial charge in [0.2, 0.25) is 0 Å². The average molecular weight is 413 g/mol. The Morgan fingerprint density at radius 1 is 1.03 bits per heavy atom. The van der Waals surface area contributed by atoms with Crippen LogP contribution in [0.3, 0.4) is 0 Å². The number of ketones is 1. The lowest BCUT2D eigenvalue weighted by atomic mass is 9.95. The van der Waals surface area contributed by atoms with E-state index in [1.807, 2.05) is 0 Å². The van der Waals surface area contributed by atoms with Gasteiger partial charge >= 0.3 is 0 Å². The van der Waals surface area contributed by atoms with Crippen LogP contribution in [0.4, 0.5) is 0 Å². The Morgan fingerprint density at radius 3 is 2.37 bits per heavy atom. The van der Waals surface area contributed by atoms with Crippen molar-refractivity contribution in [1.29, 1.82) is 0 Å². The Hall–Kier alpha value is -3.68. The van der Waals surface area contributed by atoms with Crippen LogP contribution < -0.4 is 14.2 Å². The first kappa shape index (κ1) is 21.0. The van der Waals surface area contributed by atoms with E-state index in [9.17, 15) is 19.8 Å². The summed E-state index contributed by atoms with van der Waals surface area (Å²) in [5.41, 5.74) is 0.746. The Labute approximate surface area is 173 Å². The van der Waals surface area contributed by atoms with E-state index in [0.29, 0.717) is 29.2 Å². The molecule has 30 heavy (non-hydrogen) atoms. The number of aromatic hydroxyl groups is 1. The summed E-state index contributed by atoms with van der Waals surface area (Å²) in [6.07, 6.45) is 0. The number of carbonyl (C=O) groups excluding carboxylic acids is 2. The first-order valence-electron chi connectivity index (χ1n) is 9.26. The molecule has 1 atom stereocenters. The van der Waals surface area contributed by atoms with E-state index in [0.717, 1.165) is 0 Å². The molecule has 1 amide bonds. The Morgan fingerprint density at radius 2 is 1.73 bits per heavy atom. The largest absolute Gasteiger partial charge is 0.507 e. The summed E-state index contributed by atoms with van der Waals surface area (Å²) in [5.74, 6) is -0.897. The maximum Gasteiger partial charge on any atom is 0.295 e. The maximum atomic E-state index is 12.7. The number of likely N-dealkylation sites (N-methyl/N-ethyl adjacent to an activating group) is 1. The third-order valence-electron chi connectivity index (χ3n) is 4.93. The fourth-order valence-electron chi connectivity index (χ4n) is 3.45. The number of aliphatic hydroxyl groups excluding tert-OH is 1. The molecule has 0 bridgehead atoms. The number of hydrogen-bond donors (Lipinski definition) is 2. The Bertz CT molecular complexity index is 1030. The fraction of sp³-hybridized carbons (Fsp3) is 0.273. The number of nitrogens with zero attached hydrogens (tertiary/aromatic N) is 1. The van der Waals surface area contributed by atoms with Crippen molar-refractivity contribution < 1.29 is 34.0 Å². The molecule has 0 radical (unpaired) electrons. The molecule has 158 valence electrons. The predicted octanol–water partition coefficient (Wildman–Crippen LogP) is 2.86. The van der Waals surface area contributed by atoms with Gasteiger partial charge < -0.3 is 29.3 Å². The number of carbonyl (C=O) groups is 2. The summed E-state index contributed by atoms with van der Waals surface area (Å²) in [6, 6.07) is 8.39. The van der Waals surface area contributed by atoms with Gasteiger partial charge in [-0.1, -0.05) is 6.07 Å². The minimum Gasteiger partial charge on any atom is -0.507 e. The third-order valence-corrected chi connectivity index (χ3v) is 4.93. The van der Waals surface area contributed by atoms with E-state index in [2.05, 4.69) is 0 Å². The van der Waals surface area contributed by atoms with E-state index in [4.69, 9.17) is 14.2 Å². The van der Waals surface area contributed by atoms with Crippen LogP contribution in [0.2, 0.25) is 0 Å². The molecule has 1 saturated heterocycles. The van der Waals surface area contributed by atoms with Crippen molar-refractivity contribution in [2.45, 2.75) is 13.0 Å². The molecule has 2 aromatic rings. The normalized spacial score (nSPS) is 17.9. The van der Waals surface area contributed by atoms with Gasteiger partial charge in [-0.2, -0.15) is 0 Å². The van der Waals surface area contributed by atoms with Gasteiger partial charge in [-0.05, 0) is 42.8 Å². The number of phenols is 1. The number of phenolic OH excluding ortho intramolecular Hbond substituents is 1. The van der Waals surface area contributed by atoms with Crippen molar-refractivity contribution in [3.05, 3.63) is 53.1 Å². The van der Waals surface area contributed by atoms with Crippen LogP contribution in [0.25, 0.3) is 5.76 Å². The average Bonchev–Trinajstić information content (AvgIpc) is 2.98. The molecule has 1 fully saturated rings. The van der Waals surface area contributed by atoms with Crippen LogP contribution in [0.1, 0.15) is 24.1 Å². The molecule has 2 N–H and O–H groups in total. The Balaban J connectivity index is 2.17. The number of amides is 1. The van der Waals surface area contributed by atoms with Crippen LogP contribution in [-0.4, -0.2) is 54.7 Å². The number of hydrogen-bond acceptors (Lipinski definition) is 7. The Kier molecular flexibility index (Phi) is 5.86. The number of rotatable bonds is 6. The van der Waals surface area contributed by atoms with Gasteiger partial charge in [-0.3, -0.25) is 9.59 Å². The molecule has 0 spiro atoms. The molecule has 3 rings (SSSR count). The molecular weight excluding hydrogens is 390 g/mol. The van der Waals surface area contributed by atoms with Gasteiger partial charge in [0.25, 0.3) is 11.7 Å². The van der Waals surface area contributed by atoms with Crippen molar-refractivity contribution in [3.8, 4) is 23.0 Å². The highest BCUT2D eigenvalue weighted by Gasteiger charge is 2.44. The number of likely N-dealkylation sites (tertiary alicyclic amines) is 1. The van der Waals surface area contributed by atoms with E-state index in [1.165, 1.54) is 38.3 Å². The number of benzene rings is 2. The summed E-state index contributed by atoms with van der Waals surface area (Å²) >= 11 is 0. The molecule has 2 aromatic carbocycles. The number of methoxy groups -OCH3 is 2. The lowest BCUT2D eigenvalue weighted by Crippen LogP contribution is -2.24. The second kappa shape index (κ2) is 8.36. The fourth-order valence-corrected chi connectivity index (χ4v) is 3.45. The third kappa shape index (κ3) is 3.52. The van der Waals surface area contributed by atoms with Crippen LogP contribution in [-0.2, 0) is 9.59 Å². The van der Waals surface area contributed by atoms with Crippen molar-refractivity contribution in [2.24, 2.45) is 0 Å². The number of aliphatic hydroxyl groups is 1. The summed E-state index contributed by atoms with van der Waals surface area (Å²) in [5, 5.41) is 21.0.